The predicted molar refractivity (Wildman–Crippen MR) is 19.1 cm³/mol. The number of carbonyl (C=O) groups is 1. The molecule has 0 aliphatic rings. The Hall–Kier alpha value is -0.640. The summed E-state index contributed by atoms with van der Waals surface area (Å²) in [6.07, 6.45) is 0. The maximum Gasteiger partial charge on any atom is 0.374 e. The molecule has 0 atom stereocenters. The van der Waals surface area contributed by atoms with Gasteiger partial charge in [-0.2, -0.15) is 0 Å². The van der Waals surface area contributed by atoms with Crippen LogP contribution in [0, 0.1) is 0 Å². The highest BCUT2D eigenvalue weighted by atomic mass is 19.3. The van der Waals surface area contributed by atoms with Gasteiger partial charge >= 0.3 is 5.97 Å². The minimum Gasteiger partial charge on any atom is -0.373 e. The van der Waals surface area contributed by atoms with Crippen LogP contribution in [0.5, 0.6) is 0 Å². The van der Waals surface area contributed by atoms with Gasteiger partial charge in [-0.15, -0.1) is 0 Å². The molecule has 42 valence electrons. The number of hydrogen-bond donors (Lipinski definition) is 0. The van der Waals surface area contributed by atoms with Gasteiger partial charge in [0.2, 0.25) is 0 Å². The summed E-state index contributed by atoms with van der Waals surface area (Å²) < 4.78 is 14.8. The van der Waals surface area contributed by atoms with Gasteiger partial charge in [-0.3, -0.25) is 4.94 Å². The van der Waals surface area contributed by atoms with Crippen LogP contribution in [0.25, 0.3) is 0 Å². The first-order chi connectivity index (χ1) is 3.31. The van der Waals surface area contributed by atoms with Crippen LogP contribution in [0.3, 0.4) is 0 Å². The van der Waals surface area contributed by atoms with Gasteiger partial charge in [0.1, 0.15) is 6.61 Å². The smallest absolute Gasteiger partial charge is 0.373 e. The van der Waals surface area contributed by atoms with Gasteiger partial charge < -0.3 is 4.74 Å². The molecule has 7 heavy (non-hydrogen) atoms. The molecule has 0 aromatic carbocycles. The summed E-state index contributed by atoms with van der Waals surface area (Å²) in [5.41, 5.74) is 0. The molecule has 0 spiro atoms. The fourth-order valence-corrected chi connectivity index (χ4v) is 0.140. The van der Waals surface area contributed by atoms with E-state index in [9.17, 15) is 9.32 Å². The first-order valence-electron chi connectivity index (χ1n) is 1.61. The SMILES string of the molecule is COCC(=O)OF. The van der Waals surface area contributed by atoms with Gasteiger partial charge in [0.25, 0.3) is 0 Å². The van der Waals surface area contributed by atoms with Crippen molar-refractivity contribution in [2.75, 3.05) is 13.7 Å². The van der Waals surface area contributed by atoms with Crippen molar-refractivity contribution in [2.45, 2.75) is 0 Å². The fraction of sp³-hybridized carbons (Fsp3) is 0.667. The Morgan fingerprint density at radius 1 is 1.86 bits per heavy atom. The number of carbonyl (C=O) groups excluding carboxylic acids is 1. The van der Waals surface area contributed by atoms with Crippen molar-refractivity contribution in [3.05, 3.63) is 0 Å². The molecule has 0 aromatic heterocycles. The number of halogens is 1. The van der Waals surface area contributed by atoms with Gasteiger partial charge in [-0.25, -0.2) is 4.79 Å². The van der Waals surface area contributed by atoms with Crippen molar-refractivity contribution in [2.24, 2.45) is 0 Å². The van der Waals surface area contributed by atoms with Gasteiger partial charge in [-0.05, 0) is 0 Å². The lowest BCUT2D eigenvalue weighted by Gasteiger charge is -1.87. The van der Waals surface area contributed by atoms with Crippen LogP contribution in [0.15, 0.2) is 0 Å². The van der Waals surface area contributed by atoms with E-state index in [1.54, 1.807) is 0 Å². The minimum atomic E-state index is -1.01. The second kappa shape index (κ2) is 3.55. The molecule has 0 radical (unpaired) electrons. The number of methoxy groups -OCH3 is 1. The van der Waals surface area contributed by atoms with Crippen LogP contribution in [0.4, 0.5) is 4.53 Å². The zero-order chi connectivity index (χ0) is 5.70. The summed E-state index contributed by atoms with van der Waals surface area (Å²) in [5, 5.41) is 0. The van der Waals surface area contributed by atoms with Gasteiger partial charge in [0, 0.05) is 11.6 Å². The summed E-state index contributed by atoms with van der Waals surface area (Å²) in [7, 11) is 1.27. The van der Waals surface area contributed by atoms with E-state index in [-0.39, 0.29) is 6.61 Å². The topological polar surface area (TPSA) is 35.5 Å². The Morgan fingerprint density at radius 2 is 2.43 bits per heavy atom. The quantitative estimate of drug-likeness (QED) is 0.501. The molecule has 3 nitrogen and oxygen atoms in total. The third kappa shape index (κ3) is 3.18. The fourth-order valence-electron chi connectivity index (χ4n) is 0.140. The number of hydrogen-bond acceptors (Lipinski definition) is 3. The van der Waals surface area contributed by atoms with E-state index in [2.05, 4.69) is 9.68 Å². The molecule has 0 fully saturated rings. The van der Waals surface area contributed by atoms with E-state index >= 15 is 0 Å². The van der Waals surface area contributed by atoms with E-state index in [0.717, 1.165) is 0 Å². The van der Waals surface area contributed by atoms with Crippen molar-refractivity contribution in [3.8, 4) is 0 Å². The summed E-state index contributed by atoms with van der Waals surface area (Å²) in [6, 6.07) is 0. The standard InChI is InChI=1S/C3H5FO3/c1-6-2-3(5)7-4/h2H2,1H3. The van der Waals surface area contributed by atoms with E-state index in [1.165, 1.54) is 7.11 Å². The second-order valence-electron chi connectivity index (χ2n) is 0.882. The molecule has 0 saturated heterocycles. The first-order valence-corrected chi connectivity index (χ1v) is 1.61. The van der Waals surface area contributed by atoms with E-state index in [4.69, 9.17) is 0 Å². The monoisotopic (exact) mass is 108 g/mol. The Bertz CT molecular complexity index is 63.2. The lowest BCUT2D eigenvalue weighted by atomic mass is 10.8. The molecule has 0 aromatic rings. The summed E-state index contributed by atoms with van der Waals surface area (Å²) in [5.74, 6) is -1.01. The first kappa shape index (κ1) is 6.36. The van der Waals surface area contributed by atoms with E-state index in [1.807, 2.05) is 0 Å². The highest BCUT2D eigenvalue weighted by molar-refractivity contribution is 5.69. The van der Waals surface area contributed by atoms with Gasteiger partial charge in [0.15, 0.2) is 0 Å². The minimum absolute atomic E-state index is 0.337. The van der Waals surface area contributed by atoms with Crippen LogP contribution in [0.2, 0.25) is 0 Å². The third-order valence-electron chi connectivity index (χ3n) is 0.348. The molecule has 0 aliphatic carbocycles. The zero-order valence-electron chi connectivity index (χ0n) is 3.81. The molecule has 0 bridgehead atoms. The largest absolute Gasteiger partial charge is 0.374 e. The highest BCUT2D eigenvalue weighted by Gasteiger charge is 1.97. The normalized spacial score (nSPS) is 8.29. The second-order valence-corrected chi connectivity index (χ2v) is 0.882. The molecule has 0 rings (SSSR count). The summed E-state index contributed by atoms with van der Waals surface area (Å²) in [6.45, 7) is -0.337. The van der Waals surface area contributed by atoms with Crippen molar-refractivity contribution >= 4 is 5.97 Å². The van der Waals surface area contributed by atoms with Crippen molar-refractivity contribution in [3.63, 3.8) is 0 Å². The highest BCUT2D eigenvalue weighted by Crippen LogP contribution is 1.76. The van der Waals surface area contributed by atoms with Crippen molar-refractivity contribution < 1.29 is 19.0 Å². The van der Waals surface area contributed by atoms with Crippen LogP contribution in [-0.4, -0.2) is 19.7 Å². The lowest BCUT2D eigenvalue weighted by Crippen LogP contribution is -2.05. The number of ether oxygens (including phenoxy) is 1. The summed E-state index contributed by atoms with van der Waals surface area (Å²) in [4.78, 5) is 12.4. The maximum absolute atomic E-state index is 10.6. The average molecular weight is 108 g/mol. The predicted octanol–water partition coefficient (Wildman–Crippen LogP) is 0.0605. The molecule has 0 N–H and O–H groups in total. The Morgan fingerprint density at radius 3 is 2.57 bits per heavy atom. The molecule has 4 heteroatoms. The number of rotatable bonds is 2. The molecule has 0 heterocycles. The van der Waals surface area contributed by atoms with Crippen molar-refractivity contribution in [1.82, 2.24) is 0 Å². The van der Waals surface area contributed by atoms with Crippen LogP contribution in [0.1, 0.15) is 0 Å². The van der Waals surface area contributed by atoms with Crippen LogP contribution < -0.4 is 0 Å². The van der Waals surface area contributed by atoms with Crippen LogP contribution in [-0.2, 0) is 14.5 Å². The van der Waals surface area contributed by atoms with Crippen molar-refractivity contribution in [1.29, 1.82) is 0 Å². The van der Waals surface area contributed by atoms with E-state index in [0.29, 0.717) is 0 Å². The average Bonchev–Trinajstić information content (AvgIpc) is 1.68. The molecular weight excluding hydrogens is 103 g/mol. The Labute approximate surface area is 39.9 Å². The molecule has 0 saturated carbocycles. The third-order valence-corrected chi connectivity index (χ3v) is 0.348. The lowest BCUT2D eigenvalue weighted by molar-refractivity contribution is -0.187. The maximum atomic E-state index is 10.6. The Kier molecular flexibility index (Phi) is 3.22. The van der Waals surface area contributed by atoms with Gasteiger partial charge in [0.05, 0.1) is 0 Å². The van der Waals surface area contributed by atoms with Crippen LogP contribution >= 0.6 is 0 Å². The molecule has 0 aliphatic heterocycles. The molecule has 0 amide bonds. The zero-order valence-corrected chi connectivity index (χ0v) is 3.81. The van der Waals surface area contributed by atoms with E-state index < -0.39 is 5.97 Å². The summed E-state index contributed by atoms with van der Waals surface area (Å²) >= 11 is 0. The molecule has 0 unspecified atom stereocenters. The van der Waals surface area contributed by atoms with Gasteiger partial charge in [-0.1, -0.05) is 0 Å². The Balaban J connectivity index is 3.00. The molecular formula is C3H5FO3.